The molecule has 0 unspecified atom stereocenters. The highest BCUT2D eigenvalue weighted by Gasteiger charge is 2.16. The first-order chi connectivity index (χ1) is 14.3. The van der Waals surface area contributed by atoms with Gasteiger partial charge in [-0.3, -0.25) is 4.79 Å². The van der Waals surface area contributed by atoms with Gasteiger partial charge in [-0.15, -0.1) is 0 Å². The van der Waals surface area contributed by atoms with E-state index in [1.54, 1.807) is 48.5 Å². The zero-order valence-electron chi connectivity index (χ0n) is 17.1. The summed E-state index contributed by atoms with van der Waals surface area (Å²) in [4.78, 5) is 23.7. The predicted octanol–water partition coefficient (Wildman–Crippen LogP) is 3.42. The molecule has 2 aromatic carbocycles. The average molecular weight is 428 g/mol. The van der Waals surface area contributed by atoms with Gasteiger partial charge >= 0.3 is 5.97 Å². The minimum atomic E-state index is -3.42. The van der Waals surface area contributed by atoms with Gasteiger partial charge in [-0.2, -0.15) is 0 Å². The van der Waals surface area contributed by atoms with Crippen molar-refractivity contribution in [3.63, 3.8) is 0 Å². The molecule has 6 nitrogen and oxygen atoms in total. The molecule has 0 saturated heterocycles. The van der Waals surface area contributed by atoms with Crippen molar-refractivity contribution < 1.29 is 22.7 Å². The van der Waals surface area contributed by atoms with E-state index in [0.29, 0.717) is 28.8 Å². The number of esters is 1. The summed E-state index contributed by atoms with van der Waals surface area (Å²) >= 11 is 0. The van der Waals surface area contributed by atoms with Crippen molar-refractivity contribution in [2.24, 2.45) is 0 Å². The number of benzene rings is 2. The second-order valence-corrected chi connectivity index (χ2v) is 8.93. The van der Waals surface area contributed by atoms with Gasteiger partial charge in [0.05, 0.1) is 18.4 Å². The van der Waals surface area contributed by atoms with Gasteiger partial charge in [0.25, 0.3) is 0 Å². The smallest absolute Gasteiger partial charge is 0.337 e. The van der Waals surface area contributed by atoms with Crippen LogP contribution in [0.25, 0.3) is 0 Å². The average Bonchev–Trinajstić information content (AvgIpc) is 2.71. The van der Waals surface area contributed by atoms with Gasteiger partial charge in [-0.05, 0) is 42.8 Å². The number of methoxy groups -OCH3 is 1. The summed E-state index contributed by atoms with van der Waals surface area (Å²) in [5, 5.41) is 2.61. The lowest BCUT2D eigenvalue weighted by Gasteiger charge is -2.07. The van der Waals surface area contributed by atoms with Crippen LogP contribution in [0.5, 0.6) is 0 Å². The standard InChI is InChI=1S/C23H25NO5S/c1-3-4-5-14-30(27,28)17-22(25)24-21-11-7-9-19(16-21)13-12-18-8-6-10-20(15-18)23(26)29-2/h6-11,15-16H,3-5,14,17H2,1-2H3,(H,24,25). The molecule has 2 rings (SSSR count). The van der Waals surface area contributed by atoms with Crippen molar-refractivity contribution in [3.8, 4) is 11.8 Å². The first kappa shape index (κ1) is 23.2. The molecule has 30 heavy (non-hydrogen) atoms. The summed E-state index contributed by atoms with van der Waals surface area (Å²) in [5.41, 5.74) is 2.16. The van der Waals surface area contributed by atoms with Gasteiger partial charge in [-0.1, -0.05) is 43.7 Å². The van der Waals surface area contributed by atoms with Crippen molar-refractivity contribution in [2.45, 2.75) is 26.2 Å². The number of anilines is 1. The molecule has 0 spiro atoms. The second kappa shape index (κ2) is 11.2. The van der Waals surface area contributed by atoms with Gasteiger partial charge in [0.15, 0.2) is 9.84 Å². The highest BCUT2D eigenvalue weighted by atomic mass is 32.2. The molecule has 0 heterocycles. The van der Waals surface area contributed by atoms with Crippen LogP contribution in [0.3, 0.4) is 0 Å². The maximum Gasteiger partial charge on any atom is 0.337 e. The van der Waals surface area contributed by atoms with Gasteiger partial charge in [0, 0.05) is 16.8 Å². The van der Waals surface area contributed by atoms with Crippen LogP contribution in [0.4, 0.5) is 5.69 Å². The lowest BCUT2D eigenvalue weighted by Crippen LogP contribution is -2.24. The Hall–Kier alpha value is -3.11. The number of ether oxygens (including phenoxy) is 1. The van der Waals surface area contributed by atoms with Crippen LogP contribution >= 0.6 is 0 Å². The summed E-state index contributed by atoms with van der Waals surface area (Å²) in [5.74, 6) is 4.41. The largest absolute Gasteiger partial charge is 0.465 e. The summed E-state index contributed by atoms with van der Waals surface area (Å²) in [7, 11) is -2.10. The maximum atomic E-state index is 12.1. The van der Waals surface area contributed by atoms with Crippen molar-refractivity contribution in [1.29, 1.82) is 0 Å². The fourth-order valence-electron chi connectivity index (χ4n) is 2.70. The van der Waals surface area contributed by atoms with Crippen LogP contribution < -0.4 is 5.32 Å². The number of unbranched alkanes of at least 4 members (excludes halogenated alkanes) is 2. The third-order valence-electron chi connectivity index (χ3n) is 4.19. The fraction of sp³-hybridized carbons (Fsp3) is 0.304. The van der Waals surface area contributed by atoms with Crippen LogP contribution in [0.1, 0.15) is 47.7 Å². The van der Waals surface area contributed by atoms with Crippen molar-refractivity contribution in [1.82, 2.24) is 0 Å². The highest BCUT2D eigenvalue weighted by Crippen LogP contribution is 2.11. The van der Waals surface area contributed by atoms with Crippen LogP contribution in [-0.4, -0.2) is 38.9 Å². The van der Waals surface area contributed by atoms with E-state index in [1.807, 2.05) is 6.92 Å². The molecule has 0 aliphatic rings. The monoisotopic (exact) mass is 427 g/mol. The lowest BCUT2D eigenvalue weighted by molar-refractivity contribution is -0.113. The van der Waals surface area contributed by atoms with E-state index < -0.39 is 27.5 Å². The topological polar surface area (TPSA) is 89.5 Å². The van der Waals surface area contributed by atoms with Crippen molar-refractivity contribution in [2.75, 3.05) is 23.9 Å². The van der Waals surface area contributed by atoms with E-state index in [9.17, 15) is 18.0 Å². The van der Waals surface area contributed by atoms with E-state index >= 15 is 0 Å². The Kier molecular flexibility index (Phi) is 8.63. The van der Waals surface area contributed by atoms with Gasteiger partial charge in [-0.25, -0.2) is 13.2 Å². The molecule has 0 atom stereocenters. The number of hydrogen-bond acceptors (Lipinski definition) is 5. The van der Waals surface area contributed by atoms with Crippen molar-refractivity contribution in [3.05, 3.63) is 65.2 Å². The summed E-state index contributed by atoms with van der Waals surface area (Å²) < 4.78 is 28.7. The summed E-state index contributed by atoms with van der Waals surface area (Å²) in [6, 6.07) is 13.6. The molecule has 1 amide bonds. The molecule has 0 radical (unpaired) electrons. The lowest BCUT2D eigenvalue weighted by atomic mass is 10.1. The van der Waals surface area contributed by atoms with Gasteiger partial charge < -0.3 is 10.1 Å². The van der Waals surface area contributed by atoms with Crippen molar-refractivity contribution >= 4 is 27.4 Å². The molecular formula is C23H25NO5S. The molecular weight excluding hydrogens is 402 g/mol. The van der Waals surface area contributed by atoms with Crippen LogP contribution in [0, 0.1) is 11.8 Å². The molecule has 0 aliphatic carbocycles. The molecule has 1 N–H and O–H groups in total. The minimum absolute atomic E-state index is 0.0183. The van der Waals surface area contributed by atoms with E-state index in [0.717, 1.165) is 12.8 Å². The number of rotatable bonds is 8. The first-order valence-corrected chi connectivity index (χ1v) is 11.5. The minimum Gasteiger partial charge on any atom is -0.465 e. The van der Waals surface area contributed by atoms with Gasteiger partial charge in [0.1, 0.15) is 5.75 Å². The Morgan fingerprint density at radius 3 is 2.33 bits per heavy atom. The number of sulfone groups is 1. The summed E-state index contributed by atoms with van der Waals surface area (Å²) in [6.45, 7) is 1.99. The van der Waals surface area contributed by atoms with Crippen LogP contribution in [-0.2, 0) is 19.4 Å². The van der Waals surface area contributed by atoms with E-state index in [1.165, 1.54) is 7.11 Å². The predicted molar refractivity (Wildman–Crippen MR) is 117 cm³/mol. The molecule has 0 bridgehead atoms. The Labute approximate surface area is 177 Å². The Morgan fingerprint density at radius 2 is 1.67 bits per heavy atom. The SMILES string of the molecule is CCCCCS(=O)(=O)CC(=O)Nc1cccc(C#Cc2cccc(C(=O)OC)c2)c1. The second-order valence-electron chi connectivity index (χ2n) is 6.75. The summed E-state index contributed by atoms with van der Waals surface area (Å²) in [6.07, 6.45) is 2.31. The van der Waals surface area contributed by atoms with E-state index in [2.05, 4.69) is 17.2 Å². The number of nitrogens with one attached hydrogen (secondary N) is 1. The molecule has 0 saturated carbocycles. The molecule has 2 aromatic rings. The fourth-order valence-corrected chi connectivity index (χ4v) is 3.96. The molecule has 0 aliphatic heterocycles. The third kappa shape index (κ3) is 7.72. The Bertz CT molecular complexity index is 1060. The number of hydrogen-bond donors (Lipinski definition) is 1. The van der Waals surface area contributed by atoms with Crippen LogP contribution in [0.15, 0.2) is 48.5 Å². The number of amides is 1. The number of carbonyl (C=O) groups excluding carboxylic acids is 2. The Morgan fingerprint density at radius 1 is 1.00 bits per heavy atom. The zero-order valence-corrected chi connectivity index (χ0v) is 17.9. The highest BCUT2D eigenvalue weighted by molar-refractivity contribution is 7.92. The normalized spacial score (nSPS) is 10.6. The number of carbonyl (C=O) groups is 2. The zero-order chi connectivity index (χ0) is 22.0. The molecule has 7 heteroatoms. The Balaban J connectivity index is 2.05. The van der Waals surface area contributed by atoms with Crippen LogP contribution in [0.2, 0.25) is 0 Å². The van der Waals surface area contributed by atoms with E-state index in [4.69, 9.17) is 4.74 Å². The quantitative estimate of drug-likeness (QED) is 0.396. The molecule has 158 valence electrons. The molecule has 0 aromatic heterocycles. The van der Waals surface area contributed by atoms with Gasteiger partial charge in [0.2, 0.25) is 5.91 Å². The third-order valence-corrected chi connectivity index (χ3v) is 5.80. The maximum absolute atomic E-state index is 12.1. The molecule has 0 fully saturated rings. The first-order valence-electron chi connectivity index (χ1n) is 9.63. The van der Waals surface area contributed by atoms with E-state index in [-0.39, 0.29) is 5.75 Å².